The molecule has 5 nitrogen and oxygen atoms in total. The van der Waals surface area contributed by atoms with Crippen molar-refractivity contribution in [1.82, 2.24) is 14.9 Å². The number of piperazine rings is 1. The van der Waals surface area contributed by atoms with Gasteiger partial charge in [0, 0.05) is 43.9 Å². The molecule has 28 heavy (non-hydrogen) atoms. The molecule has 1 N–H and O–H groups in total. The van der Waals surface area contributed by atoms with Gasteiger partial charge in [-0.2, -0.15) is 0 Å². The Morgan fingerprint density at radius 2 is 1.82 bits per heavy atom. The van der Waals surface area contributed by atoms with Crippen molar-refractivity contribution in [2.24, 2.45) is 11.8 Å². The lowest BCUT2D eigenvalue weighted by Crippen LogP contribution is -2.46. The number of nitrogens with zero attached hydrogens (tertiary/aromatic N) is 3. The molecule has 6 heteroatoms. The molecule has 2 unspecified atom stereocenters. The second-order valence-electron chi connectivity index (χ2n) is 8.51. The van der Waals surface area contributed by atoms with E-state index in [-0.39, 0.29) is 11.4 Å². The van der Waals surface area contributed by atoms with Gasteiger partial charge in [0.15, 0.2) is 0 Å². The first-order chi connectivity index (χ1) is 13.7. The van der Waals surface area contributed by atoms with E-state index in [1.54, 1.807) is 0 Å². The summed E-state index contributed by atoms with van der Waals surface area (Å²) in [6.45, 7) is 4.95. The highest BCUT2D eigenvalue weighted by Gasteiger charge is 2.42. The third-order valence-electron chi connectivity index (χ3n) is 6.59. The average molecular weight is 382 g/mol. The summed E-state index contributed by atoms with van der Waals surface area (Å²) < 4.78 is 13.1. The number of aromatic nitrogens is 2. The molecule has 0 spiro atoms. The van der Waals surface area contributed by atoms with E-state index in [0.29, 0.717) is 0 Å². The lowest BCUT2D eigenvalue weighted by atomic mass is 9.97. The minimum Gasteiger partial charge on any atom is -0.369 e. The standard InChI is InChI=1S/C22H27FN4O/c23-17-3-5-18(6-4-17)27-10-8-26(9-11-27)7-1-2-21-24-20-14-16-12-15(16)13-19(20)22(28)25-21/h3-6,15-16H,1-2,7-14H2,(H,24,25,28). The van der Waals surface area contributed by atoms with Gasteiger partial charge in [0.2, 0.25) is 0 Å². The van der Waals surface area contributed by atoms with Crippen molar-refractivity contribution >= 4 is 5.69 Å². The Bertz CT molecular complexity index is 902. The third kappa shape index (κ3) is 3.70. The summed E-state index contributed by atoms with van der Waals surface area (Å²) in [5.74, 6) is 2.20. The molecule has 3 aliphatic rings. The number of hydrogen-bond acceptors (Lipinski definition) is 4. The van der Waals surface area contributed by atoms with E-state index >= 15 is 0 Å². The second-order valence-corrected chi connectivity index (χ2v) is 8.51. The fourth-order valence-corrected chi connectivity index (χ4v) is 4.77. The van der Waals surface area contributed by atoms with E-state index < -0.39 is 0 Å². The number of nitrogens with one attached hydrogen (secondary N) is 1. The Kier molecular flexibility index (Phi) is 4.67. The van der Waals surface area contributed by atoms with E-state index in [2.05, 4.69) is 14.8 Å². The fraction of sp³-hybridized carbons (Fsp3) is 0.545. The first-order valence-electron chi connectivity index (χ1n) is 10.5. The molecule has 1 aliphatic heterocycles. The summed E-state index contributed by atoms with van der Waals surface area (Å²) in [5.41, 5.74) is 3.19. The van der Waals surface area contributed by atoms with Crippen LogP contribution in [-0.4, -0.2) is 47.6 Å². The number of aryl methyl sites for hydroxylation is 1. The van der Waals surface area contributed by atoms with Crippen LogP contribution in [0, 0.1) is 17.7 Å². The van der Waals surface area contributed by atoms with Gasteiger partial charge in [-0.05, 0) is 68.3 Å². The number of halogens is 1. The normalized spacial score (nSPS) is 24.0. The number of rotatable bonds is 5. The molecule has 0 radical (unpaired) electrons. The molecule has 2 aliphatic carbocycles. The van der Waals surface area contributed by atoms with E-state index in [4.69, 9.17) is 4.98 Å². The number of anilines is 1. The van der Waals surface area contributed by atoms with Gasteiger partial charge in [0.1, 0.15) is 11.6 Å². The van der Waals surface area contributed by atoms with Crippen LogP contribution in [0.5, 0.6) is 0 Å². The van der Waals surface area contributed by atoms with E-state index in [1.807, 2.05) is 12.1 Å². The van der Waals surface area contributed by atoms with Crippen molar-refractivity contribution in [3.63, 3.8) is 0 Å². The van der Waals surface area contributed by atoms with Crippen molar-refractivity contribution < 1.29 is 4.39 Å². The summed E-state index contributed by atoms with van der Waals surface area (Å²) >= 11 is 0. The number of fused-ring (bicyclic) bond motifs is 2. The minimum atomic E-state index is -0.187. The lowest BCUT2D eigenvalue weighted by Gasteiger charge is -2.36. The SMILES string of the molecule is O=c1[nH]c(CCCN2CCN(c3ccc(F)cc3)CC2)nc2c1CC1CC1C2. The Balaban J connectivity index is 1.11. The third-order valence-corrected chi connectivity index (χ3v) is 6.59. The molecule has 2 aromatic rings. The predicted molar refractivity (Wildman–Crippen MR) is 107 cm³/mol. The maximum Gasteiger partial charge on any atom is 0.254 e. The smallest absolute Gasteiger partial charge is 0.254 e. The molecular weight excluding hydrogens is 355 g/mol. The van der Waals surface area contributed by atoms with Gasteiger partial charge in [-0.25, -0.2) is 9.37 Å². The van der Waals surface area contributed by atoms with E-state index in [0.717, 1.165) is 93.0 Å². The summed E-state index contributed by atoms with van der Waals surface area (Å²) in [7, 11) is 0. The van der Waals surface area contributed by atoms with Gasteiger partial charge in [-0.3, -0.25) is 9.69 Å². The van der Waals surface area contributed by atoms with Crippen LogP contribution in [0.3, 0.4) is 0 Å². The van der Waals surface area contributed by atoms with Crippen molar-refractivity contribution in [3.05, 3.63) is 57.5 Å². The van der Waals surface area contributed by atoms with Gasteiger partial charge < -0.3 is 9.88 Å². The van der Waals surface area contributed by atoms with Gasteiger partial charge in [-0.1, -0.05) is 0 Å². The highest BCUT2D eigenvalue weighted by atomic mass is 19.1. The van der Waals surface area contributed by atoms with Crippen molar-refractivity contribution in [1.29, 1.82) is 0 Å². The zero-order valence-electron chi connectivity index (χ0n) is 16.2. The van der Waals surface area contributed by atoms with E-state index in [1.165, 1.54) is 18.6 Å². The van der Waals surface area contributed by atoms with Crippen LogP contribution in [-0.2, 0) is 19.3 Å². The molecule has 2 atom stereocenters. The number of benzene rings is 1. The highest BCUT2D eigenvalue weighted by molar-refractivity contribution is 5.46. The Morgan fingerprint density at radius 1 is 1.07 bits per heavy atom. The van der Waals surface area contributed by atoms with Gasteiger partial charge in [0.25, 0.3) is 5.56 Å². The monoisotopic (exact) mass is 382 g/mol. The molecule has 5 rings (SSSR count). The molecule has 0 bridgehead atoms. The largest absolute Gasteiger partial charge is 0.369 e. The molecule has 148 valence electrons. The Hall–Kier alpha value is -2.21. The van der Waals surface area contributed by atoms with Crippen molar-refractivity contribution in [3.8, 4) is 0 Å². The average Bonchev–Trinajstić information content (AvgIpc) is 3.46. The van der Waals surface area contributed by atoms with Gasteiger partial charge >= 0.3 is 0 Å². The van der Waals surface area contributed by atoms with Crippen molar-refractivity contribution in [2.75, 3.05) is 37.6 Å². The van der Waals surface area contributed by atoms with Crippen LogP contribution in [0.15, 0.2) is 29.1 Å². The Labute approximate surface area is 164 Å². The maximum absolute atomic E-state index is 13.1. The van der Waals surface area contributed by atoms with Gasteiger partial charge in [0.05, 0.1) is 5.69 Å². The van der Waals surface area contributed by atoms with Crippen LogP contribution in [0.1, 0.15) is 29.9 Å². The molecule has 1 saturated carbocycles. The van der Waals surface area contributed by atoms with Crippen LogP contribution < -0.4 is 10.5 Å². The predicted octanol–water partition coefficient (Wildman–Crippen LogP) is 2.40. The minimum absolute atomic E-state index is 0.0956. The molecule has 2 fully saturated rings. The number of H-pyrrole nitrogens is 1. The summed E-state index contributed by atoms with van der Waals surface area (Å²) in [6, 6.07) is 6.76. The first kappa shape index (κ1) is 17.9. The summed E-state index contributed by atoms with van der Waals surface area (Å²) in [6.07, 6.45) is 5.04. The second kappa shape index (κ2) is 7.32. The maximum atomic E-state index is 13.1. The quantitative estimate of drug-likeness (QED) is 0.863. The molecule has 1 aromatic heterocycles. The van der Waals surface area contributed by atoms with Crippen LogP contribution in [0.4, 0.5) is 10.1 Å². The molecule has 2 heterocycles. The first-order valence-corrected chi connectivity index (χ1v) is 10.5. The molecule has 1 aromatic carbocycles. The summed E-state index contributed by atoms with van der Waals surface area (Å²) in [4.78, 5) is 24.9. The fourth-order valence-electron chi connectivity index (χ4n) is 4.77. The topological polar surface area (TPSA) is 52.2 Å². The van der Waals surface area contributed by atoms with Crippen LogP contribution in [0.2, 0.25) is 0 Å². The van der Waals surface area contributed by atoms with Crippen LogP contribution in [0.25, 0.3) is 0 Å². The molecule has 0 amide bonds. The zero-order chi connectivity index (χ0) is 19.1. The number of hydrogen-bond donors (Lipinski definition) is 1. The number of aromatic amines is 1. The summed E-state index contributed by atoms with van der Waals surface area (Å²) in [5, 5.41) is 0. The molecule has 1 saturated heterocycles. The van der Waals surface area contributed by atoms with Crippen molar-refractivity contribution in [2.45, 2.75) is 32.1 Å². The molecular formula is C22H27FN4O. The lowest BCUT2D eigenvalue weighted by molar-refractivity contribution is 0.254. The zero-order valence-corrected chi connectivity index (χ0v) is 16.2. The van der Waals surface area contributed by atoms with Crippen LogP contribution >= 0.6 is 0 Å². The van der Waals surface area contributed by atoms with E-state index in [9.17, 15) is 9.18 Å². The highest BCUT2D eigenvalue weighted by Crippen LogP contribution is 2.46. The van der Waals surface area contributed by atoms with Gasteiger partial charge in [-0.15, -0.1) is 0 Å². The Morgan fingerprint density at radius 3 is 2.61 bits per heavy atom.